The number of hydrogen-bond acceptors (Lipinski definition) is 2. The molecule has 1 aromatic rings. The van der Waals surface area contributed by atoms with Gasteiger partial charge in [0.15, 0.2) is 0 Å². The number of rotatable bonds is 2. The Morgan fingerprint density at radius 3 is 2.50 bits per heavy atom. The number of likely N-dealkylation sites (tertiary alicyclic amines) is 1. The van der Waals surface area contributed by atoms with Crippen LogP contribution in [0.3, 0.4) is 0 Å². The predicted octanol–water partition coefficient (Wildman–Crippen LogP) is 2.14. The highest BCUT2D eigenvalue weighted by Gasteiger charge is 2.37. The Kier molecular flexibility index (Phi) is 3.79. The topological polar surface area (TPSA) is 32.3 Å². The second-order valence-electron chi connectivity index (χ2n) is 6.47. The standard InChI is InChI=1S/C17H24N2O/c1-14-2-4-15(5-3-14)12-16(20)19-10-7-17(8-11-19)6-9-18-13-17/h2-5,18H,6-13H2,1H3. The molecule has 2 aliphatic rings. The van der Waals surface area contributed by atoms with Crippen molar-refractivity contribution in [3.8, 4) is 0 Å². The molecule has 0 atom stereocenters. The van der Waals surface area contributed by atoms with Gasteiger partial charge in [-0.1, -0.05) is 29.8 Å². The third-order valence-corrected chi connectivity index (χ3v) is 4.98. The molecule has 3 rings (SSSR count). The largest absolute Gasteiger partial charge is 0.342 e. The number of hydrogen-bond donors (Lipinski definition) is 1. The molecule has 1 N–H and O–H groups in total. The maximum Gasteiger partial charge on any atom is 0.226 e. The van der Waals surface area contributed by atoms with Crippen LogP contribution in [0.1, 0.15) is 30.4 Å². The summed E-state index contributed by atoms with van der Waals surface area (Å²) in [4.78, 5) is 14.4. The maximum absolute atomic E-state index is 12.4. The van der Waals surface area contributed by atoms with Gasteiger partial charge < -0.3 is 10.2 Å². The van der Waals surface area contributed by atoms with Crippen molar-refractivity contribution in [2.24, 2.45) is 5.41 Å². The van der Waals surface area contributed by atoms with Crippen molar-refractivity contribution >= 4 is 5.91 Å². The van der Waals surface area contributed by atoms with E-state index in [2.05, 4.69) is 41.4 Å². The Labute approximate surface area is 121 Å². The van der Waals surface area contributed by atoms with E-state index in [4.69, 9.17) is 0 Å². The summed E-state index contributed by atoms with van der Waals surface area (Å²) in [5, 5.41) is 3.47. The third kappa shape index (κ3) is 2.88. The van der Waals surface area contributed by atoms with Gasteiger partial charge in [-0.05, 0) is 43.7 Å². The zero-order valence-corrected chi connectivity index (χ0v) is 12.3. The molecule has 20 heavy (non-hydrogen) atoms. The van der Waals surface area contributed by atoms with Crippen LogP contribution in [0.15, 0.2) is 24.3 Å². The lowest BCUT2D eigenvalue weighted by molar-refractivity contribution is -0.132. The van der Waals surface area contributed by atoms with Gasteiger partial charge in [-0.25, -0.2) is 0 Å². The summed E-state index contributed by atoms with van der Waals surface area (Å²) in [6.07, 6.45) is 4.16. The van der Waals surface area contributed by atoms with Crippen LogP contribution < -0.4 is 5.32 Å². The van der Waals surface area contributed by atoms with Crippen LogP contribution in [0.25, 0.3) is 0 Å². The van der Waals surface area contributed by atoms with E-state index >= 15 is 0 Å². The van der Waals surface area contributed by atoms with Crippen LogP contribution in [-0.2, 0) is 11.2 Å². The normalized spacial score (nSPS) is 21.4. The minimum absolute atomic E-state index is 0.287. The van der Waals surface area contributed by atoms with Crippen LogP contribution in [0.2, 0.25) is 0 Å². The van der Waals surface area contributed by atoms with E-state index in [0.717, 1.165) is 31.7 Å². The minimum atomic E-state index is 0.287. The van der Waals surface area contributed by atoms with Crippen molar-refractivity contribution in [3.05, 3.63) is 35.4 Å². The van der Waals surface area contributed by atoms with Crippen molar-refractivity contribution < 1.29 is 4.79 Å². The van der Waals surface area contributed by atoms with E-state index in [0.29, 0.717) is 11.8 Å². The van der Waals surface area contributed by atoms with E-state index in [9.17, 15) is 4.79 Å². The van der Waals surface area contributed by atoms with Crippen LogP contribution in [0.5, 0.6) is 0 Å². The summed E-state index contributed by atoms with van der Waals surface area (Å²) in [6.45, 7) is 6.24. The number of amides is 1. The van der Waals surface area contributed by atoms with Gasteiger partial charge in [0.25, 0.3) is 0 Å². The molecule has 1 spiro atoms. The van der Waals surface area contributed by atoms with E-state index < -0.39 is 0 Å². The minimum Gasteiger partial charge on any atom is -0.342 e. The first-order valence-electron chi connectivity index (χ1n) is 7.71. The fourth-order valence-electron chi connectivity index (χ4n) is 3.45. The number of benzene rings is 1. The van der Waals surface area contributed by atoms with Gasteiger partial charge in [0, 0.05) is 19.6 Å². The number of carbonyl (C=O) groups excluding carboxylic acids is 1. The van der Waals surface area contributed by atoms with Gasteiger partial charge >= 0.3 is 0 Å². The van der Waals surface area contributed by atoms with E-state index in [1.165, 1.54) is 24.8 Å². The highest BCUT2D eigenvalue weighted by molar-refractivity contribution is 5.78. The number of nitrogens with zero attached hydrogens (tertiary/aromatic N) is 1. The van der Waals surface area contributed by atoms with Crippen molar-refractivity contribution in [1.82, 2.24) is 10.2 Å². The molecule has 0 unspecified atom stereocenters. The summed E-state index contributed by atoms with van der Waals surface area (Å²) >= 11 is 0. The molecular formula is C17H24N2O. The SMILES string of the molecule is Cc1ccc(CC(=O)N2CCC3(CCNC3)CC2)cc1. The number of nitrogens with one attached hydrogen (secondary N) is 1. The van der Waals surface area contributed by atoms with E-state index in [1.807, 2.05) is 0 Å². The fourth-order valence-corrected chi connectivity index (χ4v) is 3.45. The second kappa shape index (κ2) is 5.57. The molecule has 2 heterocycles. The van der Waals surface area contributed by atoms with Crippen molar-refractivity contribution in [2.45, 2.75) is 32.6 Å². The van der Waals surface area contributed by atoms with E-state index in [-0.39, 0.29) is 5.91 Å². The van der Waals surface area contributed by atoms with Crippen molar-refractivity contribution in [2.75, 3.05) is 26.2 Å². The zero-order chi connectivity index (χ0) is 14.0. The molecule has 3 heteroatoms. The summed E-state index contributed by atoms with van der Waals surface area (Å²) in [5.41, 5.74) is 2.86. The quantitative estimate of drug-likeness (QED) is 0.894. The molecule has 0 bridgehead atoms. The molecular weight excluding hydrogens is 248 g/mol. The highest BCUT2D eigenvalue weighted by atomic mass is 16.2. The predicted molar refractivity (Wildman–Crippen MR) is 80.6 cm³/mol. The van der Waals surface area contributed by atoms with Crippen LogP contribution in [0, 0.1) is 12.3 Å². The van der Waals surface area contributed by atoms with Gasteiger partial charge in [-0.2, -0.15) is 0 Å². The number of aryl methyl sites for hydroxylation is 1. The van der Waals surface area contributed by atoms with Gasteiger partial charge in [0.2, 0.25) is 5.91 Å². The molecule has 108 valence electrons. The average Bonchev–Trinajstić information content (AvgIpc) is 2.90. The molecule has 3 nitrogen and oxygen atoms in total. The summed E-state index contributed by atoms with van der Waals surface area (Å²) < 4.78 is 0. The highest BCUT2D eigenvalue weighted by Crippen LogP contribution is 2.36. The van der Waals surface area contributed by atoms with Gasteiger partial charge in [-0.15, -0.1) is 0 Å². The molecule has 2 aliphatic heterocycles. The molecule has 0 radical (unpaired) electrons. The third-order valence-electron chi connectivity index (χ3n) is 4.98. The lowest BCUT2D eigenvalue weighted by Crippen LogP contribution is -2.44. The second-order valence-corrected chi connectivity index (χ2v) is 6.47. The summed E-state index contributed by atoms with van der Waals surface area (Å²) in [7, 11) is 0. The van der Waals surface area contributed by atoms with Crippen LogP contribution in [-0.4, -0.2) is 37.0 Å². The fraction of sp³-hybridized carbons (Fsp3) is 0.588. The Hall–Kier alpha value is -1.35. The molecule has 0 aliphatic carbocycles. The Morgan fingerprint density at radius 1 is 1.20 bits per heavy atom. The summed E-state index contributed by atoms with van der Waals surface area (Å²) in [6, 6.07) is 8.30. The first-order valence-corrected chi connectivity index (χ1v) is 7.71. The molecule has 1 amide bonds. The first kappa shape index (κ1) is 13.6. The van der Waals surface area contributed by atoms with Crippen LogP contribution in [0.4, 0.5) is 0 Å². The zero-order valence-electron chi connectivity index (χ0n) is 12.3. The number of piperidine rings is 1. The Bertz CT molecular complexity index is 464. The maximum atomic E-state index is 12.4. The average molecular weight is 272 g/mol. The van der Waals surface area contributed by atoms with Gasteiger partial charge in [-0.3, -0.25) is 4.79 Å². The van der Waals surface area contributed by atoms with E-state index in [1.54, 1.807) is 0 Å². The van der Waals surface area contributed by atoms with Crippen molar-refractivity contribution in [3.63, 3.8) is 0 Å². The lowest BCUT2D eigenvalue weighted by atomic mass is 9.78. The lowest BCUT2D eigenvalue weighted by Gasteiger charge is -2.39. The van der Waals surface area contributed by atoms with Gasteiger partial charge in [0.05, 0.1) is 6.42 Å². The Balaban J connectivity index is 1.55. The molecule has 0 aromatic heterocycles. The molecule has 1 aromatic carbocycles. The Morgan fingerprint density at radius 2 is 1.90 bits per heavy atom. The monoisotopic (exact) mass is 272 g/mol. The molecule has 0 saturated carbocycles. The molecule has 2 fully saturated rings. The first-order chi connectivity index (χ1) is 9.67. The van der Waals surface area contributed by atoms with Crippen LogP contribution >= 0.6 is 0 Å². The summed E-state index contributed by atoms with van der Waals surface area (Å²) in [5.74, 6) is 0.287. The van der Waals surface area contributed by atoms with Crippen molar-refractivity contribution in [1.29, 1.82) is 0 Å². The van der Waals surface area contributed by atoms with Gasteiger partial charge in [0.1, 0.15) is 0 Å². The molecule has 2 saturated heterocycles. The smallest absolute Gasteiger partial charge is 0.226 e. The number of carbonyl (C=O) groups is 1.